The molecule has 25 heavy (non-hydrogen) atoms. The molecule has 1 aliphatic carbocycles. The molecule has 6 heteroatoms. The molecule has 2 fully saturated rings. The van der Waals surface area contributed by atoms with Crippen molar-refractivity contribution in [3.05, 3.63) is 34.9 Å². The van der Waals surface area contributed by atoms with Crippen molar-refractivity contribution in [3.8, 4) is 0 Å². The van der Waals surface area contributed by atoms with Crippen molar-refractivity contribution in [2.75, 3.05) is 32.7 Å². The molecule has 0 aromatic heterocycles. The van der Waals surface area contributed by atoms with Crippen molar-refractivity contribution < 1.29 is 9.59 Å². The van der Waals surface area contributed by atoms with Gasteiger partial charge in [0, 0.05) is 55.8 Å². The maximum absolute atomic E-state index is 12.3. The number of carbonyl (C=O) groups excluding carboxylic acids is 2. The average molecular weight is 364 g/mol. The monoisotopic (exact) mass is 363 g/mol. The molecular formula is C19H26ClN3O2. The van der Waals surface area contributed by atoms with E-state index in [0.29, 0.717) is 23.6 Å². The number of carbonyl (C=O) groups is 2. The smallest absolute Gasteiger partial charge is 0.251 e. The number of piperazine rings is 1. The van der Waals surface area contributed by atoms with Gasteiger partial charge in [0.1, 0.15) is 0 Å². The molecule has 5 nitrogen and oxygen atoms in total. The predicted molar refractivity (Wildman–Crippen MR) is 98.8 cm³/mol. The number of halogens is 1. The summed E-state index contributed by atoms with van der Waals surface area (Å²) in [5.41, 5.74) is 0.557. The van der Waals surface area contributed by atoms with Gasteiger partial charge in [0.25, 0.3) is 5.91 Å². The van der Waals surface area contributed by atoms with E-state index in [9.17, 15) is 9.59 Å². The molecule has 1 aromatic rings. The highest BCUT2D eigenvalue weighted by atomic mass is 35.5. The van der Waals surface area contributed by atoms with Crippen LogP contribution in [0, 0.1) is 0 Å². The predicted octanol–water partition coefficient (Wildman–Crippen LogP) is 2.55. The van der Waals surface area contributed by atoms with E-state index >= 15 is 0 Å². The summed E-state index contributed by atoms with van der Waals surface area (Å²) in [4.78, 5) is 28.8. The van der Waals surface area contributed by atoms with Gasteiger partial charge in [-0.25, -0.2) is 0 Å². The van der Waals surface area contributed by atoms with Crippen LogP contribution in [-0.2, 0) is 4.79 Å². The van der Waals surface area contributed by atoms with E-state index < -0.39 is 0 Å². The van der Waals surface area contributed by atoms with Crippen LogP contribution in [0.4, 0.5) is 0 Å². The van der Waals surface area contributed by atoms with Crippen molar-refractivity contribution in [3.63, 3.8) is 0 Å². The van der Waals surface area contributed by atoms with Gasteiger partial charge in [-0.1, -0.05) is 24.4 Å². The molecule has 0 atom stereocenters. The molecule has 1 aliphatic heterocycles. The van der Waals surface area contributed by atoms with Gasteiger partial charge < -0.3 is 10.2 Å². The second-order valence-electron chi connectivity index (χ2n) is 6.87. The lowest BCUT2D eigenvalue weighted by atomic mass is 10.1. The zero-order valence-electron chi connectivity index (χ0n) is 14.5. The van der Waals surface area contributed by atoms with Gasteiger partial charge in [-0.3, -0.25) is 14.5 Å². The van der Waals surface area contributed by atoms with E-state index in [1.54, 1.807) is 24.3 Å². The number of rotatable bonds is 5. The van der Waals surface area contributed by atoms with Crippen LogP contribution in [-0.4, -0.2) is 60.4 Å². The molecule has 2 amide bonds. The van der Waals surface area contributed by atoms with Gasteiger partial charge in [-0.15, -0.1) is 0 Å². The van der Waals surface area contributed by atoms with E-state index in [-0.39, 0.29) is 11.8 Å². The Balaban J connectivity index is 1.36. The highest BCUT2D eigenvalue weighted by molar-refractivity contribution is 6.30. The molecule has 3 rings (SSSR count). The molecule has 1 heterocycles. The number of hydrogen-bond donors (Lipinski definition) is 1. The van der Waals surface area contributed by atoms with Crippen LogP contribution >= 0.6 is 11.6 Å². The number of nitrogens with zero attached hydrogens (tertiary/aromatic N) is 2. The lowest BCUT2D eigenvalue weighted by molar-refractivity contribution is -0.133. The Morgan fingerprint density at radius 2 is 1.68 bits per heavy atom. The minimum Gasteiger partial charge on any atom is -0.352 e. The summed E-state index contributed by atoms with van der Waals surface area (Å²) in [6.45, 7) is 3.94. The van der Waals surface area contributed by atoms with Crippen molar-refractivity contribution >= 4 is 23.4 Å². The van der Waals surface area contributed by atoms with Gasteiger partial charge in [-0.05, 0) is 37.1 Å². The van der Waals surface area contributed by atoms with Gasteiger partial charge in [0.2, 0.25) is 5.91 Å². The lowest BCUT2D eigenvalue weighted by Gasteiger charge is -2.38. The van der Waals surface area contributed by atoms with Crippen molar-refractivity contribution in [1.29, 1.82) is 0 Å². The highest BCUT2D eigenvalue weighted by Crippen LogP contribution is 2.24. The SMILES string of the molecule is O=C(NCCC(=O)N1CCN(C2CCCC2)CC1)c1ccc(Cl)cc1. The molecule has 1 N–H and O–H groups in total. The topological polar surface area (TPSA) is 52.7 Å². The van der Waals surface area contributed by atoms with E-state index in [4.69, 9.17) is 11.6 Å². The van der Waals surface area contributed by atoms with E-state index in [1.165, 1.54) is 25.7 Å². The van der Waals surface area contributed by atoms with Crippen LogP contribution in [0.5, 0.6) is 0 Å². The summed E-state index contributed by atoms with van der Waals surface area (Å²) >= 11 is 5.81. The van der Waals surface area contributed by atoms with E-state index in [1.807, 2.05) is 4.90 Å². The minimum atomic E-state index is -0.171. The van der Waals surface area contributed by atoms with E-state index in [0.717, 1.165) is 32.2 Å². The molecule has 1 aromatic carbocycles. The van der Waals surface area contributed by atoms with Gasteiger partial charge in [0.15, 0.2) is 0 Å². The fourth-order valence-electron chi connectivity index (χ4n) is 3.75. The molecular weight excluding hydrogens is 338 g/mol. The Morgan fingerprint density at radius 1 is 1.04 bits per heavy atom. The summed E-state index contributed by atoms with van der Waals surface area (Å²) in [5.74, 6) is -0.0435. The third kappa shape index (κ3) is 4.95. The first-order valence-corrected chi connectivity index (χ1v) is 9.57. The molecule has 0 unspecified atom stereocenters. The zero-order chi connectivity index (χ0) is 17.6. The standard InChI is InChI=1S/C19H26ClN3O2/c20-16-7-5-15(6-8-16)19(25)21-10-9-18(24)23-13-11-22(12-14-23)17-3-1-2-4-17/h5-8,17H,1-4,9-14H2,(H,21,25). The first kappa shape index (κ1) is 18.2. The summed E-state index contributed by atoms with van der Waals surface area (Å²) in [7, 11) is 0. The van der Waals surface area contributed by atoms with Crippen molar-refractivity contribution in [2.24, 2.45) is 0 Å². The van der Waals surface area contributed by atoms with Crippen molar-refractivity contribution in [2.45, 2.75) is 38.1 Å². The molecule has 1 saturated carbocycles. The Labute approximate surface area is 154 Å². The second kappa shape index (κ2) is 8.68. The van der Waals surface area contributed by atoms with Crippen LogP contribution < -0.4 is 5.32 Å². The first-order valence-electron chi connectivity index (χ1n) is 9.19. The Morgan fingerprint density at radius 3 is 2.32 bits per heavy atom. The minimum absolute atomic E-state index is 0.127. The first-order chi connectivity index (χ1) is 12.1. The van der Waals surface area contributed by atoms with Crippen LogP contribution in [0.25, 0.3) is 0 Å². The largest absolute Gasteiger partial charge is 0.352 e. The highest BCUT2D eigenvalue weighted by Gasteiger charge is 2.27. The lowest BCUT2D eigenvalue weighted by Crippen LogP contribution is -2.51. The summed E-state index contributed by atoms with van der Waals surface area (Å²) in [5, 5.41) is 3.40. The molecule has 1 saturated heterocycles. The van der Waals surface area contributed by atoms with Crippen LogP contribution in [0.3, 0.4) is 0 Å². The second-order valence-corrected chi connectivity index (χ2v) is 7.30. The number of amides is 2. The molecule has 2 aliphatic rings. The number of nitrogens with one attached hydrogen (secondary N) is 1. The number of hydrogen-bond acceptors (Lipinski definition) is 3. The zero-order valence-corrected chi connectivity index (χ0v) is 15.3. The summed E-state index contributed by atoms with van der Waals surface area (Å²) in [6, 6.07) is 7.47. The summed E-state index contributed by atoms with van der Waals surface area (Å²) in [6.07, 6.45) is 5.66. The average Bonchev–Trinajstić information content (AvgIpc) is 3.17. The van der Waals surface area contributed by atoms with Crippen molar-refractivity contribution in [1.82, 2.24) is 15.1 Å². The molecule has 0 spiro atoms. The Kier molecular flexibility index (Phi) is 6.32. The summed E-state index contributed by atoms with van der Waals surface area (Å²) < 4.78 is 0. The normalized spacial score (nSPS) is 19.2. The molecule has 0 radical (unpaired) electrons. The van der Waals surface area contributed by atoms with Gasteiger partial charge >= 0.3 is 0 Å². The fourth-order valence-corrected chi connectivity index (χ4v) is 3.88. The number of benzene rings is 1. The van der Waals surface area contributed by atoms with Gasteiger partial charge in [0.05, 0.1) is 0 Å². The fraction of sp³-hybridized carbons (Fsp3) is 0.579. The maximum Gasteiger partial charge on any atom is 0.251 e. The maximum atomic E-state index is 12.3. The van der Waals surface area contributed by atoms with E-state index in [2.05, 4.69) is 10.2 Å². The van der Waals surface area contributed by atoms with Crippen LogP contribution in [0.2, 0.25) is 5.02 Å². The Hall–Kier alpha value is -1.59. The third-order valence-electron chi connectivity index (χ3n) is 5.24. The third-order valence-corrected chi connectivity index (χ3v) is 5.49. The van der Waals surface area contributed by atoms with Crippen LogP contribution in [0.1, 0.15) is 42.5 Å². The van der Waals surface area contributed by atoms with Crippen LogP contribution in [0.15, 0.2) is 24.3 Å². The quantitative estimate of drug-likeness (QED) is 0.874. The molecule has 0 bridgehead atoms. The van der Waals surface area contributed by atoms with Gasteiger partial charge in [-0.2, -0.15) is 0 Å². The Bertz CT molecular complexity index is 591. The molecule has 136 valence electrons.